The minimum absolute atomic E-state index is 0.0542. The molecule has 1 aliphatic rings. The van der Waals surface area contributed by atoms with Crippen LogP contribution in [0.4, 0.5) is 13.6 Å². The molecule has 2 atom stereocenters. The fourth-order valence-electron chi connectivity index (χ4n) is 5.19. The minimum Gasteiger partial charge on any atom is -0.444 e. The highest BCUT2D eigenvalue weighted by Crippen LogP contribution is 2.20. The number of hydrogen-bond acceptors (Lipinski definition) is 5. The van der Waals surface area contributed by atoms with E-state index in [4.69, 9.17) is 4.74 Å². The molecule has 1 heterocycles. The van der Waals surface area contributed by atoms with Crippen LogP contribution in [0.2, 0.25) is 0 Å². The number of likely N-dealkylation sites (N-methyl/N-ethyl adjacent to an activating group) is 1. The average molecular weight is 601 g/mol. The third kappa shape index (κ3) is 11.6. The van der Waals surface area contributed by atoms with Crippen molar-refractivity contribution in [3.63, 3.8) is 0 Å². The van der Waals surface area contributed by atoms with Gasteiger partial charge in [-0.15, -0.1) is 0 Å². The average Bonchev–Trinajstić information content (AvgIpc) is 3.28. The molecular formula is C33H46F2N4O4. The van der Waals surface area contributed by atoms with Gasteiger partial charge < -0.3 is 24.8 Å². The predicted molar refractivity (Wildman–Crippen MR) is 162 cm³/mol. The van der Waals surface area contributed by atoms with Crippen LogP contribution in [-0.2, 0) is 27.3 Å². The van der Waals surface area contributed by atoms with Crippen LogP contribution in [0.3, 0.4) is 0 Å². The lowest BCUT2D eigenvalue weighted by Gasteiger charge is -2.30. The Bertz CT molecular complexity index is 1200. The van der Waals surface area contributed by atoms with Crippen molar-refractivity contribution >= 4 is 17.9 Å². The molecule has 1 saturated heterocycles. The van der Waals surface area contributed by atoms with Crippen molar-refractivity contribution in [2.24, 2.45) is 5.92 Å². The summed E-state index contributed by atoms with van der Waals surface area (Å²) in [7, 11) is 1.98. The lowest BCUT2D eigenvalue weighted by molar-refractivity contribution is -0.129. The smallest absolute Gasteiger partial charge is 0.410 e. The summed E-state index contributed by atoms with van der Waals surface area (Å²) in [5.74, 6) is -2.23. The quantitative estimate of drug-likeness (QED) is 0.330. The number of nitrogens with one attached hydrogen (secondary N) is 1. The molecule has 0 saturated carbocycles. The number of likely N-dealkylation sites (tertiary alicyclic amines) is 1. The van der Waals surface area contributed by atoms with E-state index in [9.17, 15) is 23.2 Å². The van der Waals surface area contributed by atoms with Gasteiger partial charge >= 0.3 is 6.09 Å². The summed E-state index contributed by atoms with van der Waals surface area (Å²) in [5.41, 5.74) is 0.850. The molecule has 0 bridgehead atoms. The van der Waals surface area contributed by atoms with Crippen LogP contribution in [0.25, 0.3) is 0 Å². The van der Waals surface area contributed by atoms with E-state index in [1.165, 1.54) is 12.1 Å². The highest BCUT2D eigenvalue weighted by atomic mass is 19.1. The molecule has 0 spiro atoms. The van der Waals surface area contributed by atoms with Crippen LogP contribution >= 0.6 is 0 Å². The summed E-state index contributed by atoms with van der Waals surface area (Å²) in [6, 6.07) is 12.8. The zero-order valence-corrected chi connectivity index (χ0v) is 26.1. The van der Waals surface area contributed by atoms with Gasteiger partial charge in [0.25, 0.3) is 0 Å². The van der Waals surface area contributed by atoms with E-state index in [0.717, 1.165) is 18.1 Å². The number of halogens is 2. The molecule has 2 aromatic carbocycles. The second-order valence-electron chi connectivity index (χ2n) is 12.4. The molecule has 43 heavy (non-hydrogen) atoms. The molecule has 3 amide bonds. The van der Waals surface area contributed by atoms with Crippen molar-refractivity contribution < 1.29 is 27.9 Å². The molecule has 1 fully saturated rings. The zero-order chi connectivity index (χ0) is 31.6. The lowest BCUT2D eigenvalue weighted by Crippen LogP contribution is -2.45. The maximum absolute atomic E-state index is 14.0. The first-order chi connectivity index (χ1) is 20.3. The number of carbonyl (C=O) groups excluding carboxylic acids is 3. The van der Waals surface area contributed by atoms with Crippen molar-refractivity contribution in [1.82, 2.24) is 20.0 Å². The van der Waals surface area contributed by atoms with Gasteiger partial charge in [0.2, 0.25) is 11.8 Å². The summed E-state index contributed by atoms with van der Waals surface area (Å²) in [6.07, 6.45) is 0.944. The molecule has 1 N–H and O–H groups in total. The Morgan fingerprint density at radius 1 is 1.05 bits per heavy atom. The molecule has 10 heteroatoms. The van der Waals surface area contributed by atoms with Crippen LogP contribution in [0.15, 0.2) is 48.5 Å². The van der Waals surface area contributed by atoms with Crippen molar-refractivity contribution in [2.75, 3.05) is 39.8 Å². The molecule has 3 rings (SSSR count). The fourth-order valence-corrected chi connectivity index (χ4v) is 5.19. The van der Waals surface area contributed by atoms with E-state index >= 15 is 0 Å². The Morgan fingerprint density at radius 2 is 1.72 bits per heavy atom. The predicted octanol–water partition coefficient (Wildman–Crippen LogP) is 5.01. The Balaban J connectivity index is 1.73. The van der Waals surface area contributed by atoms with Gasteiger partial charge in [0.05, 0.1) is 5.92 Å². The summed E-state index contributed by atoms with van der Waals surface area (Å²) in [4.78, 5) is 44.3. The SMILES string of the molecule is CCCN1CC(C(=O)NC(CCN(CCN(C)Cc2ccccc2)C(=O)OC(C)(C)C)Cc2cc(F)cc(F)c2)CC1=O. The Labute approximate surface area is 254 Å². The van der Waals surface area contributed by atoms with Gasteiger partial charge in [0, 0.05) is 57.8 Å². The lowest BCUT2D eigenvalue weighted by atomic mass is 10.0. The molecule has 0 radical (unpaired) electrons. The first-order valence-electron chi connectivity index (χ1n) is 15.1. The number of hydrogen-bond donors (Lipinski definition) is 1. The highest BCUT2D eigenvalue weighted by Gasteiger charge is 2.34. The number of rotatable bonds is 14. The molecule has 1 aliphatic heterocycles. The number of ether oxygens (including phenoxy) is 1. The van der Waals surface area contributed by atoms with Gasteiger partial charge in [-0.1, -0.05) is 37.3 Å². The van der Waals surface area contributed by atoms with E-state index in [2.05, 4.69) is 10.2 Å². The van der Waals surface area contributed by atoms with Crippen molar-refractivity contribution in [3.05, 3.63) is 71.3 Å². The Kier molecular flexibility index (Phi) is 12.5. The second-order valence-corrected chi connectivity index (χ2v) is 12.4. The number of benzene rings is 2. The maximum Gasteiger partial charge on any atom is 0.410 e. The normalized spacial score (nSPS) is 16.0. The molecular weight excluding hydrogens is 554 g/mol. The monoisotopic (exact) mass is 600 g/mol. The van der Waals surface area contributed by atoms with Gasteiger partial charge in [-0.3, -0.25) is 9.59 Å². The standard InChI is InChI=1S/C33H46F2N4O4/c1-6-13-39-23-26(20-30(39)40)31(41)36-29(19-25-17-27(34)21-28(35)18-25)12-14-38(32(42)43-33(2,3)4)16-15-37(5)22-24-10-8-7-9-11-24/h7-11,17-18,21,26,29H,6,12-16,19-20,22-23H2,1-5H3,(H,36,41). The number of nitrogens with zero attached hydrogens (tertiary/aromatic N) is 3. The van der Waals surface area contributed by atoms with Crippen LogP contribution in [0.5, 0.6) is 0 Å². The van der Waals surface area contributed by atoms with Crippen molar-refractivity contribution in [1.29, 1.82) is 0 Å². The van der Waals surface area contributed by atoms with Gasteiger partial charge in [-0.25, -0.2) is 13.6 Å². The molecule has 0 aliphatic carbocycles. The van der Waals surface area contributed by atoms with Crippen molar-refractivity contribution in [3.8, 4) is 0 Å². The van der Waals surface area contributed by atoms with E-state index in [1.54, 1.807) is 30.6 Å². The largest absolute Gasteiger partial charge is 0.444 e. The summed E-state index contributed by atoms with van der Waals surface area (Å²) in [6.45, 7) is 10.3. The maximum atomic E-state index is 14.0. The van der Waals surface area contributed by atoms with Gasteiger partial charge in [0.15, 0.2) is 0 Å². The highest BCUT2D eigenvalue weighted by molar-refractivity contribution is 5.89. The Hall–Kier alpha value is -3.53. The summed E-state index contributed by atoms with van der Waals surface area (Å²) < 4.78 is 33.7. The van der Waals surface area contributed by atoms with E-state index < -0.39 is 35.3 Å². The van der Waals surface area contributed by atoms with E-state index in [1.807, 2.05) is 44.3 Å². The topological polar surface area (TPSA) is 82.2 Å². The number of amides is 3. The first-order valence-corrected chi connectivity index (χ1v) is 15.1. The van der Waals surface area contributed by atoms with Gasteiger partial charge in [-0.2, -0.15) is 0 Å². The van der Waals surface area contributed by atoms with Crippen LogP contribution in [0, 0.1) is 17.6 Å². The summed E-state index contributed by atoms with van der Waals surface area (Å²) >= 11 is 0. The van der Waals surface area contributed by atoms with Crippen LogP contribution in [0.1, 0.15) is 58.1 Å². The summed E-state index contributed by atoms with van der Waals surface area (Å²) in [5, 5.41) is 3.02. The fraction of sp³-hybridized carbons (Fsp3) is 0.545. The van der Waals surface area contributed by atoms with Crippen LogP contribution < -0.4 is 5.32 Å². The minimum atomic E-state index is -0.700. The third-order valence-corrected chi connectivity index (χ3v) is 7.28. The first kappa shape index (κ1) is 34.0. The number of carbonyl (C=O) groups is 3. The molecule has 236 valence electrons. The molecule has 8 nitrogen and oxygen atoms in total. The molecule has 0 aromatic heterocycles. The van der Waals surface area contributed by atoms with Crippen LogP contribution in [-0.4, -0.2) is 84.0 Å². The van der Waals surface area contributed by atoms with Gasteiger partial charge in [-0.05, 0) is 70.3 Å². The molecule has 2 aromatic rings. The van der Waals surface area contributed by atoms with Gasteiger partial charge in [0.1, 0.15) is 17.2 Å². The van der Waals surface area contributed by atoms with Crippen molar-refractivity contribution in [2.45, 2.75) is 71.6 Å². The van der Waals surface area contributed by atoms with E-state index in [0.29, 0.717) is 44.7 Å². The molecule has 2 unspecified atom stereocenters. The third-order valence-electron chi connectivity index (χ3n) is 7.28. The second kappa shape index (κ2) is 15.8. The van der Waals surface area contributed by atoms with E-state index in [-0.39, 0.29) is 31.2 Å². The zero-order valence-electron chi connectivity index (χ0n) is 26.1. The Morgan fingerprint density at radius 3 is 2.35 bits per heavy atom.